The lowest BCUT2D eigenvalue weighted by atomic mass is 9.34. The molecule has 2 aliphatic rings. The van der Waals surface area contributed by atoms with Crippen LogP contribution in [0.2, 0.25) is 0 Å². The van der Waals surface area contributed by atoms with E-state index in [9.17, 15) is 0 Å². The smallest absolute Gasteiger partial charge is 0.252 e. The first-order valence-corrected chi connectivity index (χ1v) is 32.5. The van der Waals surface area contributed by atoms with Crippen molar-refractivity contribution in [1.82, 2.24) is 19.1 Å². The number of fused-ring (bicyclic) bond motifs is 10. The van der Waals surface area contributed by atoms with Gasteiger partial charge in [0.25, 0.3) is 6.71 Å². The van der Waals surface area contributed by atoms with Crippen LogP contribution in [0.25, 0.3) is 133 Å². The summed E-state index contributed by atoms with van der Waals surface area (Å²) in [7, 11) is 0. The van der Waals surface area contributed by atoms with Gasteiger partial charge in [0.2, 0.25) is 0 Å². The van der Waals surface area contributed by atoms with Crippen molar-refractivity contribution < 1.29 is 0 Å². The molecule has 4 nitrogen and oxygen atoms in total. The largest absolute Gasteiger partial charge is 0.310 e. The van der Waals surface area contributed by atoms with Crippen molar-refractivity contribution in [3.05, 3.63) is 259 Å². The molecule has 0 spiro atoms. The molecule has 0 saturated heterocycles. The summed E-state index contributed by atoms with van der Waals surface area (Å²) in [4.78, 5) is 11.2. The van der Waals surface area contributed by atoms with E-state index in [-0.39, 0.29) is 28.4 Å². The fraction of sp³-hybridized carbons (Fsp3) is 0.186. The Balaban J connectivity index is 1.04. The average molecular weight is 1180 g/mol. The van der Waals surface area contributed by atoms with Crippen LogP contribution in [0.4, 0.5) is 0 Å². The summed E-state index contributed by atoms with van der Waals surface area (Å²) >= 11 is 0. The highest BCUT2D eigenvalue weighted by molar-refractivity contribution is 7.00. The highest BCUT2D eigenvalue weighted by Gasteiger charge is 2.42. The van der Waals surface area contributed by atoms with E-state index < -0.39 is 0 Å². The summed E-state index contributed by atoms with van der Waals surface area (Å²) in [5.74, 6) is 0.679. The van der Waals surface area contributed by atoms with E-state index in [2.05, 4.69) is 329 Å². The zero-order chi connectivity index (χ0) is 62.6. The van der Waals surface area contributed by atoms with Crippen LogP contribution in [-0.4, -0.2) is 25.8 Å². The van der Waals surface area contributed by atoms with Crippen molar-refractivity contribution in [1.29, 1.82) is 0 Å². The Labute approximate surface area is 536 Å². The molecule has 0 radical (unpaired) electrons. The molecule has 442 valence electrons. The lowest BCUT2D eigenvalue weighted by molar-refractivity contribution is 0.590. The summed E-state index contributed by atoms with van der Waals surface area (Å²) in [6.07, 6.45) is 0. The molecule has 0 N–H and O–H groups in total. The molecule has 0 saturated carbocycles. The topological polar surface area (TPSA) is 35.6 Å². The second-order valence-electron chi connectivity index (χ2n) is 29.9. The van der Waals surface area contributed by atoms with Gasteiger partial charge in [-0.15, -0.1) is 0 Å². The SMILES string of the molecule is CC(C)(C)c1ccc(-c2ccc3c(c2)c2cc(-c4ccc(C(C)(C)C)cc4)cc4c2n3-c2cc(-c3nc(-c5ccccc5)cc(-c5ccccc5)n3)cc3c2B4c2cc(-c4ccc(C(C)(C)C)cc4)cc4c5cc(-c6ccc(C(C)(C)C)cc6)ccc5n-3c24)cc1. The minimum absolute atomic E-state index is 0.0149. The van der Waals surface area contributed by atoms with Crippen LogP contribution in [-0.2, 0) is 21.7 Å². The zero-order valence-corrected chi connectivity index (χ0v) is 54.4. The van der Waals surface area contributed by atoms with E-state index in [0.29, 0.717) is 5.82 Å². The molecule has 2 aliphatic heterocycles. The molecule has 91 heavy (non-hydrogen) atoms. The van der Waals surface area contributed by atoms with Gasteiger partial charge in [0.1, 0.15) is 0 Å². The Morgan fingerprint density at radius 1 is 0.275 bits per heavy atom. The average Bonchev–Trinajstić information content (AvgIpc) is 1.57. The molecule has 16 rings (SSSR count). The van der Waals surface area contributed by atoms with Gasteiger partial charge in [-0.1, -0.05) is 265 Å². The maximum Gasteiger partial charge on any atom is 0.252 e. The third-order valence-corrected chi connectivity index (χ3v) is 19.8. The first-order valence-electron chi connectivity index (χ1n) is 32.5. The molecule has 3 aromatic heterocycles. The molecular weight excluding hydrogens is 1100 g/mol. The van der Waals surface area contributed by atoms with Gasteiger partial charge in [-0.2, -0.15) is 0 Å². The lowest BCUT2D eigenvalue weighted by Gasteiger charge is -2.34. The predicted octanol–water partition coefficient (Wildman–Crippen LogP) is 20.7. The van der Waals surface area contributed by atoms with Crippen LogP contribution in [0.5, 0.6) is 0 Å². The second-order valence-corrected chi connectivity index (χ2v) is 29.9. The predicted molar refractivity (Wildman–Crippen MR) is 388 cm³/mol. The van der Waals surface area contributed by atoms with Gasteiger partial charge >= 0.3 is 0 Å². The Morgan fingerprint density at radius 3 is 0.934 bits per heavy atom. The molecule has 5 heteroatoms. The van der Waals surface area contributed by atoms with Crippen molar-refractivity contribution >= 4 is 66.7 Å². The maximum atomic E-state index is 5.58. The van der Waals surface area contributed by atoms with Crippen molar-refractivity contribution in [2.75, 3.05) is 0 Å². The number of rotatable bonds is 7. The first-order chi connectivity index (χ1) is 43.6. The fourth-order valence-electron chi connectivity index (χ4n) is 14.6. The zero-order valence-electron chi connectivity index (χ0n) is 54.4. The van der Waals surface area contributed by atoms with Crippen molar-refractivity contribution in [3.63, 3.8) is 0 Å². The highest BCUT2D eigenvalue weighted by atomic mass is 15.0. The second kappa shape index (κ2) is 20.3. The molecule has 14 aromatic rings. The third kappa shape index (κ3) is 9.41. The van der Waals surface area contributed by atoms with Gasteiger partial charge in [0.15, 0.2) is 5.82 Å². The minimum Gasteiger partial charge on any atom is -0.310 e. The molecule has 5 heterocycles. The lowest BCUT2D eigenvalue weighted by Crippen LogP contribution is -2.59. The molecule has 0 unspecified atom stereocenters. The van der Waals surface area contributed by atoms with Crippen molar-refractivity contribution in [3.8, 4) is 89.8 Å². The van der Waals surface area contributed by atoms with Crippen LogP contribution in [0.1, 0.15) is 105 Å². The molecule has 0 bridgehead atoms. The molecule has 11 aromatic carbocycles. The fourth-order valence-corrected chi connectivity index (χ4v) is 14.6. The van der Waals surface area contributed by atoms with Crippen molar-refractivity contribution in [2.45, 2.75) is 105 Å². The van der Waals surface area contributed by atoms with Gasteiger partial charge in [-0.3, -0.25) is 0 Å². The molecule has 0 aliphatic carbocycles. The van der Waals surface area contributed by atoms with Gasteiger partial charge in [0.05, 0.1) is 22.4 Å². The van der Waals surface area contributed by atoms with E-state index in [1.54, 1.807) is 0 Å². The summed E-state index contributed by atoms with van der Waals surface area (Å²) < 4.78 is 5.22. The first kappa shape index (κ1) is 56.4. The number of hydrogen-bond donors (Lipinski definition) is 0. The standard InChI is InChI=1S/C86H75BN4/c1-83(2,3)63-33-23-52(24-34-63)58-31-41-75-67(43-58)69-45-60(54-27-37-65(38-28-54)85(7,8)9)47-71-80(69)90(75)77-49-62(82-88-73(56-19-15-13-16-20-56)51-74(89-82)57-21-17-14-18-22-57)50-78-79(77)87(71)72-48-61(55-29-39-66(40-30-55)86(10,11)12)46-70-68-44-59(32-42-76(68)91(78)81(70)72)53-25-35-64(36-26-53)84(4,5)6/h13-51H,1-12H3. The van der Waals surface area contributed by atoms with Gasteiger partial charge in [0, 0.05) is 60.6 Å². The third-order valence-electron chi connectivity index (χ3n) is 19.8. The van der Waals surface area contributed by atoms with Crippen LogP contribution >= 0.6 is 0 Å². The van der Waals surface area contributed by atoms with E-state index >= 15 is 0 Å². The summed E-state index contributed by atoms with van der Waals surface area (Å²) in [5.41, 5.74) is 30.8. The van der Waals surface area contributed by atoms with Crippen LogP contribution in [0.3, 0.4) is 0 Å². The highest BCUT2D eigenvalue weighted by Crippen LogP contribution is 2.45. The molecule has 0 amide bonds. The number of nitrogens with zero attached hydrogens (tertiary/aromatic N) is 4. The Bertz CT molecular complexity index is 4930. The molecule has 0 atom stereocenters. The van der Waals surface area contributed by atoms with E-state index in [4.69, 9.17) is 9.97 Å². The minimum atomic E-state index is -0.162. The Kier molecular flexibility index (Phi) is 12.6. The van der Waals surface area contributed by atoms with Gasteiger partial charge < -0.3 is 9.13 Å². The monoisotopic (exact) mass is 1170 g/mol. The van der Waals surface area contributed by atoms with Gasteiger partial charge in [-0.25, -0.2) is 9.97 Å². The normalized spacial score (nSPS) is 13.0. The van der Waals surface area contributed by atoms with Crippen LogP contribution in [0, 0.1) is 0 Å². The Hall–Kier alpha value is -9.84. The Morgan fingerprint density at radius 2 is 0.593 bits per heavy atom. The van der Waals surface area contributed by atoms with Crippen LogP contribution in [0.15, 0.2) is 237 Å². The van der Waals surface area contributed by atoms with E-state index in [0.717, 1.165) is 50.5 Å². The summed E-state index contributed by atoms with van der Waals surface area (Å²) in [6, 6.07) is 89.8. The van der Waals surface area contributed by atoms with Crippen molar-refractivity contribution in [2.24, 2.45) is 0 Å². The van der Waals surface area contributed by atoms with E-state index in [1.165, 1.54) is 116 Å². The molecule has 0 fully saturated rings. The maximum absolute atomic E-state index is 5.58. The summed E-state index contributed by atoms with van der Waals surface area (Å²) in [5, 5.41) is 4.92. The quantitative estimate of drug-likeness (QED) is 0.149. The van der Waals surface area contributed by atoms with Crippen LogP contribution < -0.4 is 16.4 Å². The number of benzene rings is 11. The van der Waals surface area contributed by atoms with E-state index in [1.807, 2.05) is 0 Å². The molecular formula is C86H75BN4. The summed E-state index contributed by atoms with van der Waals surface area (Å²) in [6.45, 7) is 27.4. The van der Waals surface area contributed by atoms with Gasteiger partial charge in [-0.05, 0) is 159 Å². The number of aromatic nitrogens is 4. The number of hydrogen-bond acceptors (Lipinski definition) is 2.